The Morgan fingerprint density at radius 3 is 2.67 bits per heavy atom. The molecule has 2 aromatic rings. The molecule has 7 heteroatoms. The van der Waals surface area contributed by atoms with Gasteiger partial charge in [0.05, 0.1) is 17.3 Å². The number of carbonyl (C=O) groups excluding carboxylic acids is 1. The number of carbonyl (C=O) groups is 1. The van der Waals surface area contributed by atoms with Gasteiger partial charge in [-0.25, -0.2) is 5.43 Å². The standard InChI is InChI=1S/C20H23BrN2O4/c1-4-26-19-9-14(5-7-17(19)24)11-22-23-20(25)12-27-18-8-6-15(13(2)3)10-16(18)21/h5-11,13,24H,4,12H2,1-3H3,(H,23,25). The molecule has 144 valence electrons. The highest BCUT2D eigenvalue weighted by molar-refractivity contribution is 9.10. The molecule has 2 aromatic carbocycles. The Hall–Kier alpha value is -2.54. The van der Waals surface area contributed by atoms with Gasteiger partial charge >= 0.3 is 0 Å². The van der Waals surface area contributed by atoms with Crippen molar-refractivity contribution in [3.8, 4) is 17.2 Å². The van der Waals surface area contributed by atoms with Crippen LogP contribution < -0.4 is 14.9 Å². The van der Waals surface area contributed by atoms with Crippen molar-refractivity contribution < 1.29 is 19.4 Å². The second-order valence-electron chi connectivity index (χ2n) is 6.09. The van der Waals surface area contributed by atoms with Crippen LogP contribution in [0.5, 0.6) is 17.2 Å². The van der Waals surface area contributed by atoms with Gasteiger partial charge in [0, 0.05) is 0 Å². The lowest BCUT2D eigenvalue weighted by atomic mass is 10.0. The van der Waals surface area contributed by atoms with Crippen LogP contribution in [0.3, 0.4) is 0 Å². The van der Waals surface area contributed by atoms with Crippen LogP contribution in [0.1, 0.15) is 37.8 Å². The molecule has 0 aromatic heterocycles. The van der Waals surface area contributed by atoms with E-state index in [2.05, 4.69) is 40.3 Å². The number of ether oxygens (including phenoxy) is 2. The second-order valence-corrected chi connectivity index (χ2v) is 6.94. The van der Waals surface area contributed by atoms with Crippen molar-refractivity contribution in [2.24, 2.45) is 5.10 Å². The average Bonchev–Trinajstić information content (AvgIpc) is 2.63. The molecule has 0 aliphatic heterocycles. The molecular formula is C20H23BrN2O4. The average molecular weight is 435 g/mol. The highest BCUT2D eigenvalue weighted by Crippen LogP contribution is 2.29. The fourth-order valence-electron chi connectivity index (χ4n) is 2.23. The van der Waals surface area contributed by atoms with Crippen molar-refractivity contribution >= 4 is 28.1 Å². The summed E-state index contributed by atoms with van der Waals surface area (Å²) < 4.78 is 11.6. The fraction of sp³-hybridized carbons (Fsp3) is 0.300. The van der Waals surface area contributed by atoms with Gasteiger partial charge in [-0.2, -0.15) is 5.10 Å². The number of nitrogens with one attached hydrogen (secondary N) is 1. The van der Waals surface area contributed by atoms with Crippen LogP contribution in [-0.2, 0) is 4.79 Å². The molecule has 0 bridgehead atoms. The van der Waals surface area contributed by atoms with Crippen LogP contribution in [0.2, 0.25) is 0 Å². The summed E-state index contributed by atoms with van der Waals surface area (Å²) in [5.74, 6) is 1.05. The van der Waals surface area contributed by atoms with Crippen molar-refractivity contribution in [2.75, 3.05) is 13.2 Å². The second kappa shape index (κ2) is 9.97. The molecule has 0 unspecified atom stereocenters. The van der Waals surface area contributed by atoms with Crippen LogP contribution >= 0.6 is 15.9 Å². The van der Waals surface area contributed by atoms with Gasteiger partial charge in [0.15, 0.2) is 18.1 Å². The monoisotopic (exact) mass is 434 g/mol. The molecule has 6 nitrogen and oxygen atoms in total. The smallest absolute Gasteiger partial charge is 0.277 e. The maximum atomic E-state index is 11.9. The lowest BCUT2D eigenvalue weighted by Crippen LogP contribution is -2.24. The minimum Gasteiger partial charge on any atom is -0.504 e. The SMILES string of the molecule is CCOc1cc(C=NNC(=O)COc2ccc(C(C)C)cc2Br)ccc1O. The third-order valence-electron chi connectivity index (χ3n) is 3.67. The lowest BCUT2D eigenvalue weighted by Gasteiger charge is -2.10. The molecule has 0 saturated carbocycles. The Morgan fingerprint density at radius 2 is 2.00 bits per heavy atom. The molecule has 0 heterocycles. The molecule has 0 aliphatic rings. The van der Waals surface area contributed by atoms with Crippen LogP contribution in [0.25, 0.3) is 0 Å². The summed E-state index contributed by atoms with van der Waals surface area (Å²) in [4.78, 5) is 11.9. The van der Waals surface area contributed by atoms with Crippen molar-refractivity contribution in [3.63, 3.8) is 0 Å². The van der Waals surface area contributed by atoms with E-state index in [1.807, 2.05) is 25.1 Å². The number of hydrogen-bond acceptors (Lipinski definition) is 5. The minimum absolute atomic E-state index is 0.0560. The van der Waals surface area contributed by atoms with Crippen molar-refractivity contribution in [1.29, 1.82) is 0 Å². The first-order valence-electron chi connectivity index (χ1n) is 8.60. The van der Waals surface area contributed by atoms with Crippen molar-refractivity contribution in [3.05, 3.63) is 52.0 Å². The first-order chi connectivity index (χ1) is 12.9. The maximum Gasteiger partial charge on any atom is 0.277 e. The van der Waals surface area contributed by atoms with E-state index in [-0.39, 0.29) is 18.3 Å². The number of halogens is 1. The molecule has 0 fully saturated rings. The van der Waals surface area contributed by atoms with E-state index in [0.29, 0.717) is 29.6 Å². The van der Waals surface area contributed by atoms with Gasteiger partial charge in [0.2, 0.25) is 0 Å². The Morgan fingerprint density at radius 1 is 1.22 bits per heavy atom. The number of phenolic OH excluding ortho intramolecular Hbond substituents is 1. The number of nitrogens with zero attached hydrogens (tertiary/aromatic N) is 1. The Kier molecular flexibility index (Phi) is 7.67. The van der Waals surface area contributed by atoms with E-state index >= 15 is 0 Å². The third kappa shape index (κ3) is 6.29. The van der Waals surface area contributed by atoms with Crippen molar-refractivity contribution in [1.82, 2.24) is 5.43 Å². The van der Waals surface area contributed by atoms with Crippen LogP contribution in [0.15, 0.2) is 46.0 Å². The first kappa shape index (κ1) is 20.8. The topological polar surface area (TPSA) is 80.2 Å². The molecule has 0 spiro atoms. The van der Waals surface area contributed by atoms with Gasteiger partial charge in [-0.05, 0) is 70.2 Å². The highest BCUT2D eigenvalue weighted by atomic mass is 79.9. The zero-order chi connectivity index (χ0) is 19.8. The number of amides is 1. The van der Waals surface area contributed by atoms with Gasteiger partial charge in [-0.15, -0.1) is 0 Å². The molecular weight excluding hydrogens is 412 g/mol. The predicted octanol–water partition coefficient (Wildman–Crippen LogP) is 4.21. The Labute approximate surface area is 167 Å². The van der Waals surface area contributed by atoms with Gasteiger partial charge in [0.1, 0.15) is 5.75 Å². The first-order valence-corrected chi connectivity index (χ1v) is 9.40. The predicted molar refractivity (Wildman–Crippen MR) is 109 cm³/mol. The number of phenols is 1. The summed E-state index contributed by atoms with van der Waals surface area (Å²) >= 11 is 3.46. The van der Waals surface area contributed by atoms with Crippen LogP contribution in [0.4, 0.5) is 0 Å². The zero-order valence-corrected chi connectivity index (χ0v) is 17.1. The molecule has 2 N–H and O–H groups in total. The Balaban J connectivity index is 1.87. The van der Waals surface area contributed by atoms with E-state index < -0.39 is 0 Å². The summed E-state index contributed by atoms with van der Waals surface area (Å²) in [6.45, 7) is 6.33. The van der Waals surface area contributed by atoms with E-state index in [4.69, 9.17) is 9.47 Å². The van der Waals surface area contributed by atoms with E-state index in [9.17, 15) is 9.90 Å². The van der Waals surface area contributed by atoms with E-state index in [1.165, 1.54) is 17.8 Å². The van der Waals surface area contributed by atoms with Crippen LogP contribution in [-0.4, -0.2) is 30.4 Å². The van der Waals surface area contributed by atoms with Gasteiger partial charge in [-0.1, -0.05) is 19.9 Å². The molecule has 0 aliphatic carbocycles. The molecule has 1 amide bonds. The number of hydrazone groups is 1. The fourth-order valence-corrected chi connectivity index (χ4v) is 2.74. The number of aromatic hydroxyl groups is 1. The normalized spacial score (nSPS) is 11.0. The van der Waals surface area contributed by atoms with Gasteiger partial charge < -0.3 is 14.6 Å². The van der Waals surface area contributed by atoms with E-state index in [0.717, 1.165) is 4.47 Å². The largest absolute Gasteiger partial charge is 0.504 e. The number of rotatable bonds is 8. The lowest BCUT2D eigenvalue weighted by molar-refractivity contribution is -0.123. The molecule has 2 rings (SSSR count). The zero-order valence-electron chi connectivity index (χ0n) is 15.5. The molecule has 0 saturated heterocycles. The summed E-state index contributed by atoms with van der Waals surface area (Å²) in [6.07, 6.45) is 1.47. The highest BCUT2D eigenvalue weighted by Gasteiger charge is 2.08. The summed E-state index contributed by atoms with van der Waals surface area (Å²) in [7, 11) is 0. The maximum absolute atomic E-state index is 11.9. The summed E-state index contributed by atoms with van der Waals surface area (Å²) in [5, 5.41) is 13.6. The Bertz CT molecular complexity index is 822. The van der Waals surface area contributed by atoms with Crippen molar-refractivity contribution in [2.45, 2.75) is 26.7 Å². The quantitative estimate of drug-likeness (QED) is 0.481. The molecule has 0 atom stereocenters. The third-order valence-corrected chi connectivity index (χ3v) is 4.29. The molecule has 0 radical (unpaired) electrons. The van der Waals surface area contributed by atoms with Gasteiger partial charge in [0.25, 0.3) is 5.91 Å². The summed E-state index contributed by atoms with van der Waals surface area (Å²) in [6, 6.07) is 10.6. The number of benzene rings is 2. The van der Waals surface area contributed by atoms with E-state index in [1.54, 1.807) is 12.1 Å². The number of hydrogen-bond donors (Lipinski definition) is 2. The molecule has 27 heavy (non-hydrogen) atoms. The minimum atomic E-state index is -0.380. The van der Waals surface area contributed by atoms with Gasteiger partial charge in [-0.3, -0.25) is 4.79 Å². The summed E-state index contributed by atoms with van der Waals surface area (Å²) in [5.41, 5.74) is 4.27. The van der Waals surface area contributed by atoms with Crippen LogP contribution in [0, 0.1) is 0 Å².